The third-order valence-corrected chi connectivity index (χ3v) is 3.39. The Hall–Kier alpha value is -0.200. The van der Waals surface area contributed by atoms with Gasteiger partial charge in [-0.25, -0.2) is 9.78 Å². The number of rotatable bonds is 15. The van der Waals surface area contributed by atoms with Gasteiger partial charge in [0.25, 0.3) is 0 Å². The highest BCUT2D eigenvalue weighted by atomic mass is 17.3. The van der Waals surface area contributed by atoms with Crippen molar-refractivity contribution in [3.63, 3.8) is 0 Å². The number of unbranched alkanes of at least 4 members (excludes halogenated alkanes) is 6. The SMILES string of the molecule is CCCCCCCCCC(CCCN)(OOC)OOC. The van der Waals surface area contributed by atoms with Crippen LogP contribution in [0.2, 0.25) is 0 Å². The molecular weight excluding hydrogens is 258 g/mol. The highest BCUT2D eigenvalue weighted by Crippen LogP contribution is 2.27. The van der Waals surface area contributed by atoms with Gasteiger partial charge in [-0.1, -0.05) is 45.4 Å². The van der Waals surface area contributed by atoms with Crippen LogP contribution in [0.5, 0.6) is 0 Å². The van der Waals surface area contributed by atoms with Crippen LogP contribution >= 0.6 is 0 Å². The van der Waals surface area contributed by atoms with Gasteiger partial charge >= 0.3 is 0 Å². The molecule has 0 rings (SSSR count). The van der Waals surface area contributed by atoms with E-state index < -0.39 is 5.79 Å². The van der Waals surface area contributed by atoms with Crippen LogP contribution in [-0.4, -0.2) is 26.6 Å². The monoisotopic (exact) mass is 291 g/mol. The van der Waals surface area contributed by atoms with Gasteiger partial charge in [0.1, 0.15) is 0 Å². The Balaban J connectivity index is 3.99. The first-order valence-electron chi connectivity index (χ1n) is 7.88. The molecule has 0 saturated carbocycles. The number of hydrogen-bond acceptors (Lipinski definition) is 5. The van der Waals surface area contributed by atoms with Crippen molar-refractivity contribution in [3.05, 3.63) is 0 Å². The van der Waals surface area contributed by atoms with Crippen LogP contribution < -0.4 is 5.73 Å². The van der Waals surface area contributed by atoms with Crippen LogP contribution in [0.4, 0.5) is 0 Å². The molecule has 0 aliphatic heterocycles. The molecule has 2 N–H and O–H groups in total. The smallest absolute Gasteiger partial charge is 0.234 e. The molecule has 0 aliphatic rings. The normalized spacial score (nSPS) is 12.0. The van der Waals surface area contributed by atoms with E-state index in [2.05, 4.69) is 6.92 Å². The van der Waals surface area contributed by atoms with Crippen LogP contribution in [0.25, 0.3) is 0 Å². The molecule has 0 heterocycles. The molecule has 0 aromatic heterocycles. The molecule has 0 aromatic rings. The summed E-state index contributed by atoms with van der Waals surface area (Å²) in [6, 6.07) is 0. The van der Waals surface area contributed by atoms with Crippen molar-refractivity contribution in [2.75, 3.05) is 20.8 Å². The first kappa shape index (κ1) is 19.8. The van der Waals surface area contributed by atoms with Crippen LogP contribution in [0.15, 0.2) is 0 Å². The minimum absolute atomic E-state index is 0.596. The van der Waals surface area contributed by atoms with E-state index in [1.54, 1.807) is 0 Å². The van der Waals surface area contributed by atoms with Gasteiger partial charge in [-0.3, -0.25) is 0 Å². The second kappa shape index (κ2) is 13.8. The molecule has 0 bridgehead atoms. The molecule has 20 heavy (non-hydrogen) atoms. The van der Waals surface area contributed by atoms with E-state index in [9.17, 15) is 0 Å². The highest BCUT2D eigenvalue weighted by molar-refractivity contribution is 4.68. The van der Waals surface area contributed by atoms with Gasteiger partial charge in [0.2, 0.25) is 5.79 Å². The number of nitrogens with two attached hydrogens (primary N) is 1. The quantitative estimate of drug-likeness (QED) is 0.216. The lowest BCUT2D eigenvalue weighted by molar-refractivity contribution is -0.503. The Labute approximate surface area is 124 Å². The molecule has 122 valence electrons. The van der Waals surface area contributed by atoms with Gasteiger partial charge in [-0.2, -0.15) is 9.78 Å². The zero-order chi connectivity index (χ0) is 15.1. The molecule has 0 spiro atoms. The van der Waals surface area contributed by atoms with Crippen molar-refractivity contribution in [1.29, 1.82) is 0 Å². The second-order valence-electron chi connectivity index (χ2n) is 5.17. The van der Waals surface area contributed by atoms with Gasteiger partial charge in [-0.15, -0.1) is 0 Å². The summed E-state index contributed by atoms with van der Waals surface area (Å²) < 4.78 is 0. The molecule has 5 nitrogen and oxygen atoms in total. The fourth-order valence-corrected chi connectivity index (χ4v) is 2.33. The zero-order valence-electron chi connectivity index (χ0n) is 13.5. The Bertz CT molecular complexity index is 196. The summed E-state index contributed by atoms with van der Waals surface area (Å²) in [7, 11) is 2.97. The standard InChI is InChI=1S/C15H33NO4/c1-4-5-6-7-8-9-10-12-15(19-17-2,20-18-3)13-11-14-16/h4-14,16H2,1-3H3. The minimum atomic E-state index is -0.827. The van der Waals surface area contributed by atoms with Crippen LogP contribution in [-0.2, 0) is 19.6 Å². The summed E-state index contributed by atoms with van der Waals surface area (Å²) in [4.78, 5) is 20.3. The van der Waals surface area contributed by atoms with Gasteiger partial charge in [0.15, 0.2) is 0 Å². The molecule has 0 aliphatic carbocycles. The molecular formula is C15H33NO4. The predicted molar refractivity (Wildman–Crippen MR) is 79.8 cm³/mol. The molecule has 0 unspecified atom stereocenters. The van der Waals surface area contributed by atoms with Crippen LogP contribution in [0, 0.1) is 0 Å². The maximum absolute atomic E-state index is 5.56. The summed E-state index contributed by atoms with van der Waals surface area (Å²) in [6.07, 6.45) is 10.9. The summed E-state index contributed by atoms with van der Waals surface area (Å²) in [5, 5.41) is 0. The Morgan fingerprint density at radius 1 is 0.750 bits per heavy atom. The molecule has 0 atom stereocenters. The lowest BCUT2D eigenvalue weighted by atomic mass is 10.0. The van der Waals surface area contributed by atoms with E-state index in [1.165, 1.54) is 52.7 Å². The van der Waals surface area contributed by atoms with E-state index in [-0.39, 0.29) is 0 Å². The first-order valence-corrected chi connectivity index (χ1v) is 7.88. The van der Waals surface area contributed by atoms with Crippen molar-refractivity contribution >= 4 is 0 Å². The van der Waals surface area contributed by atoms with Crippen molar-refractivity contribution in [2.24, 2.45) is 5.73 Å². The van der Waals surface area contributed by atoms with Crippen molar-refractivity contribution < 1.29 is 19.6 Å². The largest absolute Gasteiger partial charge is 0.330 e. The minimum Gasteiger partial charge on any atom is -0.330 e. The van der Waals surface area contributed by atoms with Crippen LogP contribution in [0.1, 0.15) is 71.1 Å². The summed E-state index contributed by atoms with van der Waals surface area (Å²) in [5.41, 5.74) is 5.56. The van der Waals surface area contributed by atoms with E-state index in [0.717, 1.165) is 19.3 Å². The van der Waals surface area contributed by atoms with Crippen LogP contribution in [0.3, 0.4) is 0 Å². The fourth-order valence-electron chi connectivity index (χ4n) is 2.33. The average Bonchev–Trinajstić information content (AvgIpc) is 2.45. The van der Waals surface area contributed by atoms with Gasteiger partial charge in [-0.05, 0) is 19.4 Å². The number of hydrogen-bond donors (Lipinski definition) is 1. The topological polar surface area (TPSA) is 62.9 Å². The second-order valence-corrected chi connectivity index (χ2v) is 5.17. The summed E-state index contributed by atoms with van der Waals surface area (Å²) in [5.74, 6) is -0.827. The summed E-state index contributed by atoms with van der Waals surface area (Å²) >= 11 is 0. The van der Waals surface area contributed by atoms with Crippen molar-refractivity contribution in [3.8, 4) is 0 Å². The summed E-state index contributed by atoms with van der Waals surface area (Å²) in [6.45, 7) is 2.83. The van der Waals surface area contributed by atoms with Crippen molar-refractivity contribution in [1.82, 2.24) is 0 Å². The molecule has 0 radical (unpaired) electrons. The third-order valence-electron chi connectivity index (χ3n) is 3.39. The molecule has 0 saturated heterocycles. The van der Waals surface area contributed by atoms with Gasteiger partial charge in [0, 0.05) is 12.8 Å². The molecule has 0 aromatic carbocycles. The average molecular weight is 291 g/mol. The fraction of sp³-hybridized carbons (Fsp3) is 1.00. The third kappa shape index (κ3) is 9.66. The lowest BCUT2D eigenvalue weighted by Crippen LogP contribution is -2.36. The molecule has 5 heteroatoms. The van der Waals surface area contributed by atoms with E-state index >= 15 is 0 Å². The van der Waals surface area contributed by atoms with E-state index in [1.807, 2.05) is 0 Å². The maximum atomic E-state index is 5.56. The van der Waals surface area contributed by atoms with Crippen molar-refractivity contribution in [2.45, 2.75) is 76.9 Å². The maximum Gasteiger partial charge on any atom is 0.234 e. The Morgan fingerprint density at radius 3 is 1.75 bits per heavy atom. The zero-order valence-corrected chi connectivity index (χ0v) is 13.5. The first-order chi connectivity index (χ1) is 9.74. The Morgan fingerprint density at radius 2 is 1.25 bits per heavy atom. The lowest BCUT2D eigenvalue weighted by Gasteiger charge is -2.29. The van der Waals surface area contributed by atoms with E-state index in [0.29, 0.717) is 13.0 Å². The molecule has 0 fully saturated rings. The Kier molecular flexibility index (Phi) is 13.6. The molecule has 0 amide bonds. The highest BCUT2D eigenvalue weighted by Gasteiger charge is 2.34. The van der Waals surface area contributed by atoms with Gasteiger partial charge < -0.3 is 5.73 Å². The van der Waals surface area contributed by atoms with E-state index in [4.69, 9.17) is 25.3 Å². The van der Waals surface area contributed by atoms with Gasteiger partial charge in [0.05, 0.1) is 14.2 Å². The predicted octanol–water partition coefficient (Wildman–Crippen LogP) is 3.72.